The second-order valence-corrected chi connectivity index (χ2v) is 8.28. The van der Waals surface area contributed by atoms with Gasteiger partial charge in [0, 0.05) is 18.1 Å². The lowest BCUT2D eigenvalue weighted by molar-refractivity contribution is 0.202. The Morgan fingerprint density at radius 2 is 1.62 bits per heavy atom. The molecule has 4 aromatic rings. The van der Waals surface area contributed by atoms with Crippen molar-refractivity contribution >= 4 is 11.6 Å². The van der Waals surface area contributed by atoms with Crippen molar-refractivity contribution < 1.29 is 19.3 Å². The molecule has 0 aromatic heterocycles. The largest absolute Gasteiger partial charge is 0.508 e. The Labute approximate surface area is 199 Å². The van der Waals surface area contributed by atoms with Gasteiger partial charge in [-0.1, -0.05) is 60.7 Å². The molecule has 1 unspecified atom stereocenters. The van der Waals surface area contributed by atoms with Crippen molar-refractivity contribution in [1.29, 1.82) is 0 Å². The van der Waals surface area contributed by atoms with Crippen LogP contribution in [0.3, 0.4) is 0 Å². The number of phenols is 1. The maximum Gasteiger partial charge on any atom is 0.131 e. The first-order chi connectivity index (χ1) is 16.7. The van der Waals surface area contributed by atoms with Crippen LogP contribution in [0.4, 0.5) is 0 Å². The Hall–Kier alpha value is -4.18. The third-order valence-corrected chi connectivity index (χ3v) is 5.94. The van der Waals surface area contributed by atoms with Gasteiger partial charge in [0.1, 0.15) is 35.7 Å². The number of hydrogen-bond acceptors (Lipinski definition) is 4. The Kier molecular flexibility index (Phi) is 6.21. The van der Waals surface area contributed by atoms with Gasteiger partial charge >= 0.3 is 0 Å². The average molecular weight is 451 g/mol. The van der Waals surface area contributed by atoms with Crippen molar-refractivity contribution in [3.05, 3.63) is 119 Å². The van der Waals surface area contributed by atoms with E-state index >= 15 is 0 Å². The molecule has 1 N–H and O–H groups in total. The van der Waals surface area contributed by atoms with Gasteiger partial charge < -0.3 is 19.3 Å². The molecule has 1 aliphatic heterocycles. The molecule has 4 heteroatoms. The van der Waals surface area contributed by atoms with Crippen LogP contribution < -0.4 is 14.2 Å². The zero-order valence-electron chi connectivity index (χ0n) is 19.0. The zero-order chi connectivity index (χ0) is 23.3. The molecule has 0 aliphatic carbocycles. The molecule has 5 rings (SSSR count). The van der Waals surface area contributed by atoms with Gasteiger partial charge in [-0.25, -0.2) is 0 Å². The molecule has 0 fully saturated rings. The van der Waals surface area contributed by atoms with Gasteiger partial charge in [-0.2, -0.15) is 0 Å². The number of ether oxygens (including phenoxy) is 3. The van der Waals surface area contributed by atoms with Crippen molar-refractivity contribution in [2.24, 2.45) is 0 Å². The average Bonchev–Trinajstić information content (AvgIpc) is 2.89. The van der Waals surface area contributed by atoms with E-state index in [2.05, 4.69) is 30.3 Å². The van der Waals surface area contributed by atoms with E-state index in [4.69, 9.17) is 14.2 Å². The summed E-state index contributed by atoms with van der Waals surface area (Å²) in [6.45, 7) is 0.544. The third-order valence-electron chi connectivity index (χ3n) is 5.94. The summed E-state index contributed by atoms with van der Waals surface area (Å²) in [5.74, 6) is 2.62. The molecule has 4 nitrogen and oxygen atoms in total. The highest BCUT2D eigenvalue weighted by Gasteiger charge is 2.25. The van der Waals surface area contributed by atoms with Crippen molar-refractivity contribution in [2.45, 2.75) is 19.1 Å². The minimum absolute atomic E-state index is 0.153. The van der Waals surface area contributed by atoms with Crippen LogP contribution in [0.15, 0.2) is 97.1 Å². The Bertz CT molecular complexity index is 1280. The number of fused-ring (bicyclic) bond motifs is 1. The smallest absolute Gasteiger partial charge is 0.131 e. The molecule has 0 saturated heterocycles. The second kappa shape index (κ2) is 9.75. The fourth-order valence-electron chi connectivity index (χ4n) is 4.11. The van der Waals surface area contributed by atoms with E-state index in [-0.39, 0.29) is 11.9 Å². The van der Waals surface area contributed by atoms with Gasteiger partial charge in [-0.3, -0.25) is 0 Å². The van der Waals surface area contributed by atoms with Crippen molar-refractivity contribution in [2.75, 3.05) is 7.11 Å². The lowest BCUT2D eigenvalue weighted by Crippen LogP contribution is -2.14. The molecule has 1 aliphatic rings. The first-order valence-electron chi connectivity index (χ1n) is 11.3. The van der Waals surface area contributed by atoms with Crippen molar-refractivity contribution in [3.63, 3.8) is 0 Å². The maximum absolute atomic E-state index is 9.67. The van der Waals surface area contributed by atoms with Crippen LogP contribution in [-0.2, 0) is 6.61 Å². The van der Waals surface area contributed by atoms with Crippen LogP contribution in [-0.4, -0.2) is 12.2 Å². The van der Waals surface area contributed by atoms with E-state index in [0.717, 1.165) is 45.9 Å². The number of rotatable bonds is 6. The Morgan fingerprint density at radius 1 is 0.882 bits per heavy atom. The summed E-state index contributed by atoms with van der Waals surface area (Å²) in [5, 5.41) is 9.67. The maximum atomic E-state index is 9.67. The van der Waals surface area contributed by atoms with Gasteiger partial charge in [-0.05, 0) is 58.7 Å². The van der Waals surface area contributed by atoms with Crippen LogP contribution in [0, 0.1) is 0 Å². The van der Waals surface area contributed by atoms with E-state index in [1.165, 1.54) is 5.57 Å². The normalized spacial score (nSPS) is 15.9. The van der Waals surface area contributed by atoms with Gasteiger partial charge in [0.25, 0.3) is 0 Å². The number of hydrogen-bond donors (Lipinski definition) is 1. The highest BCUT2D eigenvalue weighted by Crippen LogP contribution is 2.44. The van der Waals surface area contributed by atoms with Gasteiger partial charge in [0.05, 0.1) is 7.11 Å². The fourth-order valence-corrected chi connectivity index (χ4v) is 4.11. The number of benzene rings is 4. The number of phenolic OH excluding ortho intramolecular Hbond substituents is 1. The van der Waals surface area contributed by atoms with E-state index in [0.29, 0.717) is 6.61 Å². The Balaban J connectivity index is 1.40. The molecular formula is C30H26O4. The topological polar surface area (TPSA) is 47.9 Å². The second-order valence-electron chi connectivity index (χ2n) is 8.28. The minimum atomic E-state index is -0.153. The lowest BCUT2D eigenvalue weighted by atomic mass is 9.91. The first-order valence-corrected chi connectivity index (χ1v) is 11.3. The minimum Gasteiger partial charge on any atom is -0.508 e. The first kappa shape index (κ1) is 21.7. The summed E-state index contributed by atoms with van der Waals surface area (Å²) in [4.78, 5) is 0. The van der Waals surface area contributed by atoms with E-state index in [1.54, 1.807) is 19.2 Å². The predicted octanol–water partition coefficient (Wildman–Crippen LogP) is 7.04. The molecule has 34 heavy (non-hydrogen) atoms. The molecule has 0 saturated carbocycles. The SMILES string of the molecule is COc1ccc2c(c1)OC(c1ccc(O)cc1)C/C2=C\c1ccc(OCc2ccccc2)cc1. The summed E-state index contributed by atoms with van der Waals surface area (Å²) in [5.41, 5.74) is 5.49. The van der Waals surface area contributed by atoms with E-state index < -0.39 is 0 Å². The highest BCUT2D eigenvalue weighted by molar-refractivity contribution is 5.85. The molecule has 4 aromatic carbocycles. The molecule has 0 bridgehead atoms. The predicted molar refractivity (Wildman–Crippen MR) is 134 cm³/mol. The number of aromatic hydroxyl groups is 1. The van der Waals surface area contributed by atoms with Crippen LogP contribution in [0.2, 0.25) is 0 Å². The molecule has 170 valence electrons. The molecular weight excluding hydrogens is 424 g/mol. The summed E-state index contributed by atoms with van der Waals surface area (Å²) in [7, 11) is 1.65. The van der Waals surface area contributed by atoms with Gasteiger partial charge in [-0.15, -0.1) is 0 Å². The molecule has 1 atom stereocenters. The summed E-state index contributed by atoms with van der Waals surface area (Å²) < 4.78 is 17.7. The van der Waals surface area contributed by atoms with Crippen molar-refractivity contribution in [3.8, 4) is 23.0 Å². The fraction of sp³-hybridized carbons (Fsp3) is 0.133. The highest BCUT2D eigenvalue weighted by atomic mass is 16.5. The molecule has 0 amide bonds. The zero-order valence-corrected chi connectivity index (χ0v) is 19.0. The molecule has 0 radical (unpaired) electrons. The Morgan fingerprint density at radius 3 is 2.35 bits per heavy atom. The number of methoxy groups -OCH3 is 1. The molecule has 0 spiro atoms. The molecule has 1 heterocycles. The van der Waals surface area contributed by atoms with Crippen LogP contribution in [0.1, 0.15) is 34.8 Å². The van der Waals surface area contributed by atoms with Gasteiger partial charge in [0.2, 0.25) is 0 Å². The standard InChI is InChI=1S/C30H26O4/c1-32-27-15-16-28-24(18-29(34-30(28)19-27)23-9-11-25(31)12-10-23)17-21-7-13-26(14-8-21)33-20-22-5-3-2-4-6-22/h2-17,19,29,31H,18,20H2,1H3/b24-17+. The van der Waals surface area contributed by atoms with E-state index in [9.17, 15) is 5.11 Å². The van der Waals surface area contributed by atoms with Crippen LogP contribution in [0.25, 0.3) is 11.6 Å². The van der Waals surface area contributed by atoms with Crippen molar-refractivity contribution in [1.82, 2.24) is 0 Å². The summed E-state index contributed by atoms with van der Waals surface area (Å²) >= 11 is 0. The third kappa shape index (κ3) is 4.91. The lowest BCUT2D eigenvalue weighted by Gasteiger charge is -2.29. The monoisotopic (exact) mass is 450 g/mol. The summed E-state index contributed by atoms with van der Waals surface area (Å²) in [6, 6.07) is 31.4. The van der Waals surface area contributed by atoms with E-state index in [1.807, 2.05) is 60.7 Å². The van der Waals surface area contributed by atoms with Gasteiger partial charge in [0.15, 0.2) is 0 Å². The van der Waals surface area contributed by atoms with Crippen LogP contribution >= 0.6 is 0 Å². The quantitative estimate of drug-likeness (QED) is 0.342. The summed E-state index contributed by atoms with van der Waals surface area (Å²) in [6.07, 6.45) is 2.76. The van der Waals surface area contributed by atoms with Crippen LogP contribution in [0.5, 0.6) is 23.0 Å².